The number of nitrogens with zero attached hydrogens (tertiary/aromatic N) is 4. The number of carbonyl (C=O) groups is 1. The fourth-order valence-corrected chi connectivity index (χ4v) is 2.43. The minimum absolute atomic E-state index is 0.444. The van der Waals surface area contributed by atoms with E-state index in [1.54, 1.807) is 12.5 Å². The van der Waals surface area contributed by atoms with Crippen LogP contribution in [0.25, 0.3) is 0 Å². The Morgan fingerprint density at radius 2 is 2.29 bits per heavy atom. The molecule has 0 aliphatic carbocycles. The monoisotopic (exact) mass is 296 g/mol. The molecular weight excluding hydrogens is 284 g/mol. The van der Waals surface area contributed by atoms with Gasteiger partial charge in [-0.15, -0.1) is 0 Å². The number of hydrogen-bond donors (Lipinski definition) is 0. The van der Waals surface area contributed by atoms with E-state index in [2.05, 4.69) is 32.9 Å². The van der Waals surface area contributed by atoms with Crippen LogP contribution in [-0.2, 0) is 20.0 Å². The molecule has 0 N–H and O–H groups in total. The van der Waals surface area contributed by atoms with Crippen molar-refractivity contribution in [3.8, 4) is 0 Å². The standard InChI is InChI=1S/C11H13BrN4O/c1-3-9-11(12)10(15(2)14-9)5-16-4-8(6-17)13-7-16/h4,6-7H,3,5H2,1-2H3. The molecule has 0 aliphatic heterocycles. The molecule has 0 aliphatic rings. The normalized spacial score (nSPS) is 10.8. The molecule has 0 atom stereocenters. The molecule has 2 heterocycles. The summed E-state index contributed by atoms with van der Waals surface area (Å²) in [6, 6.07) is 0. The van der Waals surface area contributed by atoms with Gasteiger partial charge in [-0.1, -0.05) is 6.92 Å². The van der Waals surface area contributed by atoms with Crippen LogP contribution in [-0.4, -0.2) is 25.6 Å². The van der Waals surface area contributed by atoms with E-state index in [-0.39, 0.29) is 0 Å². The molecule has 0 amide bonds. The van der Waals surface area contributed by atoms with Crippen molar-refractivity contribution in [1.82, 2.24) is 19.3 Å². The number of rotatable bonds is 4. The molecule has 0 unspecified atom stereocenters. The van der Waals surface area contributed by atoms with Gasteiger partial charge in [0.05, 0.1) is 28.7 Å². The Labute approximate surface area is 108 Å². The fraction of sp³-hybridized carbons (Fsp3) is 0.364. The van der Waals surface area contributed by atoms with E-state index in [1.165, 1.54) is 0 Å². The number of aryl methyl sites for hydroxylation is 2. The number of imidazole rings is 1. The molecule has 0 bridgehead atoms. The molecule has 0 radical (unpaired) electrons. The fourth-order valence-electron chi connectivity index (χ4n) is 1.69. The van der Waals surface area contributed by atoms with Gasteiger partial charge in [0, 0.05) is 13.2 Å². The summed E-state index contributed by atoms with van der Waals surface area (Å²) in [7, 11) is 1.91. The highest BCUT2D eigenvalue weighted by molar-refractivity contribution is 9.10. The molecule has 17 heavy (non-hydrogen) atoms. The van der Waals surface area contributed by atoms with E-state index in [9.17, 15) is 4.79 Å². The predicted octanol–water partition coefficient (Wildman–Crippen LogP) is 1.80. The van der Waals surface area contributed by atoms with Crippen LogP contribution >= 0.6 is 15.9 Å². The summed E-state index contributed by atoms with van der Waals surface area (Å²) in [6.45, 7) is 2.71. The van der Waals surface area contributed by atoms with Gasteiger partial charge < -0.3 is 4.57 Å². The smallest absolute Gasteiger partial charge is 0.169 e. The number of halogens is 1. The first-order valence-electron chi connectivity index (χ1n) is 5.33. The average molecular weight is 297 g/mol. The van der Waals surface area contributed by atoms with Gasteiger partial charge in [-0.05, 0) is 22.4 Å². The first-order chi connectivity index (χ1) is 8.15. The Morgan fingerprint density at radius 1 is 1.53 bits per heavy atom. The van der Waals surface area contributed by atoms with Crippen LogP contribution in [0.3, 0.4) is 0 Å². The number of aldehydes is 1. The molecule has 2 aromatic heterocycles. The van der Waals surface area contributed by atoms with Crippen LogP contribution in [0.1, 0.15) is 28.8 Å². The highest BCUT2D eigenvalue weighted by Gasteiger charge is 2.12. The zero-order valence-corrected chi connectivity index (χ0v) is 11.3. The van der Waals surface area contributed by atoms with Gasteiger partial charge in [0.2, 0.25) is 0 Å². The predicted molar refractivity (Wildman–Crippen MR) is 67.0 cm³/mol. The first kappa shape index (κ1) is 12.0. The third-order valence-electron chi connectivity index (χ3n) is 2.61. The van der Waals surface area contributed by atoms with Crippen molar-refractivity contribution in [2.75, 3.05) is 0 Å². The Morgan fingerprint density at radius 3 is 2.82 bits per heavy atom. The van der Waals surface area contributed by atoms with E-state index in [0.717, 1.165) is 28.6 Å². The maximum absolute atomic E-state index is 10.6. The SMILES string of the molecule is CCc1nn(C)c(Cn2cnc(C=O)c2)c1Br. The van der Waals surface area contributed by atoms with Crippen molar-refractivity contribution in [3.63, 3.8) is 0 Å². The van der Waals surface area contributed by atoms with Crippen molar-refractivity contribution in [2.45, 2.75) is 19.9 Å². The van der Waals surface area contributed by atoms with Crippen molar-refractivity contribution >= 4 is 22.2 Å². The molecule has 6 heteroatoms. The number of carbonyl (C=O) groups excluding carboxylic acids is 1. The molecule has 5 nitrogen and oxygen atoms in total. The zero-order valence-electron chi connectivity index (χ0n) is 9.72. The third kappa shape index (κ3) is 2.31. The summed E-state index contributed by atoms with van der Waals surface area (Å²) in [5.41, 5.74) is 2.55. The summed E-state index contributed by atoms with van der Waals surface area (Å²) < 4.78 is 4.75. The largest absolute Gasteiger partial charge is 0.331 e. The van der Waals surface area contributed by atoms with Crippen LogP contribution in [0, 0.1) is 0 Å². The van der Waals surface area contributed by atoms with Crippen molar-refractivity contribution in [2.24, 2.45) is 7.05 Å². The quantitative estimate of drug-likeness (QED) is 0.809. The van der Waals surface area contributed by atoms with Gasteiger partial charge in [-0.2, -0.15) is 5.10 Å². The van der Waals surface area contributed by atoms with Crippen molar-refractivity contribution in [3.05, 3.63) is 34.1 Å². The second-order valence-electron chi connectivity index (χ2n) is 3.77. The van der Waals surface area contributed by atoms with Crippen LogP contribution in [0.5, 0.6) is 0 Å². The van der Waals surface area contributed by atoms with Crippen LogP contribution in [0.2, 0.25) is 0 Å². The van der Waals surface area contributed by atoms with Gasteiger partial charge in [0.15, 0.2) is 6.29 Å². The second kappa shape index (κ2) is 4.83. The lowest BCUT2D eigenvalue weighted by Crippen LogP contribution is -2.04. The zero-order chi connectivity index (χ0) is 12.4. The molecule has 0 aromatic carbocycles. The van der Waals surface area contributed by atoms with Gasteiger partial charge in [0.1, 0.15) is 5.69 Å². The second-order valence-corrected chi connectivity index (χ2v) is 4.57. The van der Waals surface area contributed by atoms with E-state index in [0.29, 0.717) is 12.2 Å². The van der Waals surface area contributed by atoms with E-state index in [1.807, 2.05) is 16.3 Å². The average Bonchev–Trinajstić information content (AvgIpc) is 2.88. The maximum Gasteiger partial charge on any atom is 0.169 e. The Balaban J connectivity index is 2.29. The summed E-state index contributed by atoms with van der Waals surface area (Å²) in [6.07, 6.45) is 5.00. The van der Waals surface area contributed by atoms with Gasteiger partial charge in [0.25, 0.3) is 0 Å². The third-order valence-corrected chi connectivity index (χ3v) is 3.52. The van der Waals surface area contributed by atoms with Crippen LogP contribution < -0.4 is 0 Å². The van der Waals surface area contributed by atoms with E-state index in [4.69, 9.17) is 0 Å². The molecule has 0 spiro atoms. The molecule has 90 valence electrons. The number of hydrogen-bond acceptors (Lipinski definition) is 3. The Hall–Kier alpha value is -1.43. The van der Waals surface area contributed by atoms with E-state index < -0.39 is 0 Å². The van der Waals surface area contributed by atoms with Gasteiger partial charge >= 0.3 is 0 Å². The summed E-state index contributed by atoms with van der Waals surface area (Å²) in [5, 5.41) is 4.42. The van der Waals surface area contributed by atoms with Crippen molar-refractivity contribution in [1.29, 1.82) is 0 Å². The molecule has 0 fully saturated rings. The lowest BCUT2D eigenvalue weighted by molar-refractivity contribution is 0.111. The molecule has 0 saturated carbocycles. The summed E-state index contributed by atoms with van der Waals surface area (Å²) in [5.74, 6) is 0. The molecule has 2 aromatic rings. The topological polar surface area (TPSA) is 52.7 Å². The molecular formula is C11H13BrN4O. The number of aromatic nitrogens is 4. The highest BCUT2D eigenvalue weighted by atomic mass is 79.9. The first-order valence-corrected chi connectivity index (χ1v) is 6.12. The highest BCUT2D eigenvalue weighted by Crippen LogP contribution is 2.22. The molecule has 2 rings (SSSR count). The summed E-state index contributed by atoms with van der Waals surface area (Å²) >= 11 is 3.56. The molecule has 0 saturated heterocycles. The maximum atomic E-state index is 10.6. The van der Waals surface area contributed by atoms with Crippen LogP contribution in [0.15, 0.2) is 17.0 Å². The van der Waals surface area contributed by atoms with Crippen molar-refractivity contribution < 1.29 is 4.79 Å². The van der Waals surface area contributed by atoms with Gasteiger partial charge in [-0.3, -0.25) is 9.48 Å². The Kier molecular flexibility index (Phi) is 3.42. The van der Waals surface area contributed by atoms with E-state index >= 15 is 0 Å². The Bertz CT molecular complexity index is 544. The minimum Gasteiger partial charge on any atom is -0.331 e. The lowest BCUT2D eigenvalue weighted by atomic mass is 10.3. The van der Waals surface area contributed by atoms with Gasteiger partial charge in [-0.25, -0.2) is 4.98 Å². The lowest BCUT2D eigenvalue weighted by Gasteiger charge is -2.03. The summed E-state index contributed by atoms with van der Waals surface area (Å²) in [4.78, 5) is 14.5. The minimum atomic E-state index is 0.444. The van der Waals surface area contributed by atoms with Crippen LogP contribution in [0.4, 0.5) is 0 Å².